The normalized spacial score (nSPS) is 11.4. The predicted octanol–water partition coefficient (Wildman–Crippen LogP) is 0.324. The van der Waals surface area contributed by atoms with Crippen molar-refractivity contribution >= 4 is 12.6 Å². The summed E-state index contributed by atoms with van der Waals surface area (Å²) in [6, 6.07) is 5.96. The molecule has 1 aromatic carbocycles. The number of alkyl halides is 3. The molecule has 4 nitrogen and oxygen atoms in total. The fraction of sp³-hybridized carbons (Fsp3) is 0.400. The van der Waals surface area contributed by atoms with Crippen LogP contribution in [0.1, 0.15) is 0 Å². The lowest BCUT2D eigenvalue weighted by molar-refractivity contribution is -0.175. The van der Waals surface area contributed by atoms with Crippen molar-refractivity contribution in [2.45, 2.75) is 6.18 Å². The Kier molecular flexibility index (Phi) is 5.45. The minimum Gasteiger partial charge on any atom is -0.491 e. The standard InChI is InChI=1S/C10H12BF3O4/c12-10(13,14)7-17-4-5-18-9-3-1-2-8(6-9)11(15)16/h1-3,6,15-16H,4-5,7H2. The average Bonchev–Trinajstić information content (AvgIpc) is 2.27. The van der Waals surface area contributed by atoms with Gasteiger partial charge in [-0.2, -0.15) is 13.2 Å². The molecule has 0 aliphatic carbocycles. The summed E-state index contributed by atoms with van der Waals surface area (Å²) >= 11 is 0. The summed E-state index contributed by atoms with van der Waals surface area (Å²) in [7, 11) is -1.62. The van der Waals surface area contributed by atoms with Crippen LogP contribution in [0.5, 0.6) is 5.75 Å². The number of ether oxygens (including phenoxy) is 2. The summed E-state index contributed by atoms with van der Waals surface area (Å²) in [4.78, 5) is 0. The van der Waals surface area contributed by atoms with Crippen LogP contribution >= 0.6 is 0 Å². The van der Waals surface area contributed by atoms with E-state index in [4.69, 9.17) is 14.8 Å². The summed E-state index contributed by atoms with van der Waals surface area (Å²) in [5, 5.41) is 17.8. The Morgan fingerprint density at radius 2 is 1.89 bits per heavy atom. The van der Waals surface area contributed by atoms with E-state index in [1.54, 1.807) is 12.1 Å². The number of hydrogen-bond acceptors (Lipinski definition) is 4. The Hall–Kier alpha value is -1.25. The van der Waals surface area contributed by atoms with E-state index in [1.807, 2.05) is 0 Å². The van der Waals surface area contributed by atoms with Crippen LogP contribution < -0.4 is 10.2 Å². The Labute approximate surface area is 102 Å². The molecule has 0 fully saturated rings. The fourth-order valence-corrected chi connectivity index (χ4v) is 1.17. The second-order valence-corrected chi connectivity index (χ2v) is 3.46. The van der Waals surface area contributed by atoms with Crippen LogP contribution in [-0.2, 0) is 4.74 Å². The van der Waals surface area contributed by atoms with Crippen LogP contribution in [0.25, 0.3) is 0 Å². The Morgan fingerprint density at radius 1 is 1.17 bits per heavy atom. The zero-order valence-electron chi connectivity index (χ0n) is 9.35. The maximum atomic E-state index is 11.7. The fourth-order valence-electron chi connectivity index (χ4n) is 1.17. The summed E-state index contributed by atoms with van der Waals surface area (Å²) < 4.78 is 44.6. The van der Waals surface area contributed by atoms with Crippen molar-refractivity contribution in [1.29, 1.82) is 0 Å². The summed E-state index contributed by atoms with van der Waals surface area (Å²) in [5.74, 6) is 0.330. The topological polar surface area (TPSA) is 58.9 Å². The predicted molar refractivity (Wildman–Crippen MR) is 58.6 cm³/mol. The third-order valence-electron chi connectivity index (χ3n) is 1.92. The molecule has 0 aliphatic rings. The molecule has 0 aliphatic heterocycles. The molecule has 0 unspecified atom stereocenters. The molecule has 0 radical (unpaired) electrons. The number of hydrogen-bond donors (Lipinski definition) is 2. The van der Waals surface area contributed by atoms with Crippen LogP contribution in [0.3, 0.4) is 0 Å². The van der Waals surface area contributed by atoms with Gasteiger partial charge in [0.2, 0.25) is 0 Å². The SMILES string of the molecule is OB(O)c1cccc(OCCOCC(F)(F)F)c1. The quantitative estimate of drug-likeness (QED) is 0.574. The van der Waals surface area contributed by atoms with Gasteiger partial charge in [0.15, 0.2) is 0 Å². The monoisotopic (exact) mass is 264 g/mol. The molecule has 1 rings (SSSR count). The van der Waals surface area contributed by atoms with Crippen molar-refractivity contribution in [2.75, 3.05) is 19.8 Å². The van der Waals surface area contributed by atoms with Crippen LogP contribution in [-0.4, -0.2) is 43.2 Å². The molecule has 0 saturated heterocycles. The number of halogens is 3. The lowest BCUT2D eigenvalue weighted by atomic mass is 9.80. The molecule has 0 amide bonds. The zero-order chi connectivity index (χ0) is 13.6. The van der Waals surface area contributed by atoms with Gasteiger partial charge in [0, 0.05) is 0 Å². The summed E-state index contributed by atoms with van der Waals surface area (Å²) in [6.45, 7) is -1.57. The first kappa shape index (κ1) is 14.8. The highest BCUT2D eigenvalue weighted by molar-refractivity contribution is 6.58. The van der Waals surface area contributed by atoms with E-state index < -0.39 is 19.9 Å². The van der Waals surface area contributed by atoms with Crippen molar-refractivity contribution in [3.05, 3.63) is 24.3 Å². The first-order valence-electron chi connectivity index (χ1n) is 5.12. The Morgan fingerprint density at radius 3 is 2.50 bits per heavy atom. The minimum atomic E-state index is -4.35. The molecule has 2 N–H and O–H groups in total. The van der Waals surface area contributed by atoms with Gasteiger partial charge in [-0.05, 0) is 17.6 Å². The number of benzene rings is 1. The highest BCUT2D eigenvalue weighted by Gasteiger charge is 2.27. The van der Waals surface area contributed by atoms with Gasteiger partial charge in [0.1, 0.15) is 19.0 Å². The van der Waals surface area contributed by atoms with Gasteiger partial charge in [0.05, 0.1) is 6.61 Å². The summed E-state index contributed by atoms with van der Waals surface area (Å²) in [5.41, 5.74) is 0.240. The van der Waals surface area contributed by atoms with E-state index in [9.17, 15) is 13.2 Å². The van der Waals surface area contributed by atoms with Crippen molar-refractivity contribution in [2.24, 2.45) is 0 Å². The van der Waals surface area contributed by atoms with Gasteiger partial charge in [0.25, 0.3) is 0 Å². The van der Waals surface area contributed by atoms with Crippen LogP contribution in [0, 0.1) is 0 Å². The van der Waals surface area contributed by atoms with Gasteiger partial charge in [-0.15, -0.1) is 0 Å². The van der Waals surface area contributed by atoms with Gasteiger partial charge in [-0.25, -0.2) is 0 Å². The average molecular weight is 264 g/mol. The van der Waals surface area contributed by atoms with Crippen molar-refractivity contribution in [3.63, 3.8) is 0 Å². The molecule has 0 bridgehead atoms. The molecule has 100 valence electrons. The lowest BCUT2D eigenvalue weighted by Crippen LogP contribution is -2.29. The Bertz CT molecular complexity index is 370. The van der Waals surface area contributed by atoms with E-state index in [1.165, 1.54) is 12.1 Å². The van der Waals surface area contributed by atoms with Gasteiger partial charge < -0.3 is 19.5 Å². The molecule has 0 spiro atoms. The molecule has 0 heterocycles. The van der Waals surface area contributed by atoms with Crippen LogP contribution in [0.15, 0.2) is 24.3 Å². The molecule has 18 heavy (non-hydrogen) atoms. The minimum absolute atomic E-state index is 0.0545. The first-order chi connectivity index (χ1) is 8.38. The second kappa shape index (κ2) is 6.62. The van der Waals surface area contributed by atoms with Gasteiger partial charge in [-0.3, -0.25) is 0 Å². The van der Waals surface area contributed by atoms with Crippen molar-refractivity contribution < 1.29 is 32.7 Å². The van der Waals surface area contributed by atoms with Gasteiger partial charge in [-0.1, -0.05) is 12.1 Å². The second-order valence-electron chi connectivity index (χ2n) is 3.46. The molecular weight excluding hydrogens is 252 g/mol. The first-order valence-corrected chi connectivity index (χ1v) is 5.12. The van der Waals surface area contributed by atoms with Crippen molar-refractivity contribution in [3.8, 4) is 5.75 Å². The smallest absolute Gasteiger partial charge is 0.488 e. The van der Waals surface area contributed by atoms with E-state index in [0.29, 0.717) is 5.75 Å². The maximum absolute atomic E-state index is 11.7. The third kappa shape index (κ3) is 5.90. The van der Waals surface area contributed by atoms with E-state index >= 15 is 0 Å². The third-order valence-corrected chi connectivity index (χ3v) is 1.92. The molecule has 0 aromatic heterocycles. The highest BCUT2D eigenvalue weighted by atomic mass is 19.4. The van der Waals surface area contributed by atoms with E-state index in [-0.39, 0.29) is 18.7 Å². The Balaban J connectivity index is 2.29. The summed E-state index contributed by atoms with van der Waals surface area (Å²) in [6.07, 6.45) is -4.35. The van der Waals surface area contributed by atoms with Crippen LogP contribution in [0.4, 0.5) is 13.2 Å². The van der Waals surface area contributed by atoms with E-state index in [0.717, 1.165) is 0 Å². The maximum Gasteiger partial charge on any atom is 0.488 e. The highest BCUT2D eigenvalue weighted by Crippen LogP contribution is 2.14. The molecule has 0 saturated carbocycles. The molecule has 1 aromatic rings. The van der Waals surface area contributed by atoms with Crippen molar-refractivity contribution in [1.82, 2.24) is 0 Å². The molecule has 0 atom stereocenters. The van der Waals surface area contributed by atoms with Gasteiger partial charge >= 0.3 is 13.3 Å². The van der Waals surface area contributed by atoms with E-state index in [2.05, 4.69) is 4.74 Å². The number of rotatable bonds is 6. The lowest BCUT2D eigenvalue weighted by Gasteiger charge is -2.09. The largest absolute Gasteiger partial charge is 0.491 e. The van der Waals surface area contributed by atoms with Crippen LogP contribution in [0.2, 0.25) is 0 Å². The zero-order valence-corrected chi connectivity index (χ0v) is 9.35. The molecule has 8 heteroatoms. The molecular formula is C10H12BF3O4.